The summed E-state index contributed by atoms with van der Waals surface area (Å²) in [4.78, 5) is 23.0. The van der Waals surface area contributed by atoms with Gasteiger partial charge in [-0.15, -0.1) is 0 Å². The van der Waals surface area contributed by atoms with Crippen molar-refractivity contribution in [3.8, 4) is 0 Å². The van der Waals surface area contributed by atoms with Gasteiger partial charge in [0, 0.05) is 0 Å². The lowest BCUT2D eigenvalue weighted by molar-refractivity contribution is -0.140. The SMILES string of the molecule is CC(C)CC(=C(C(=O)O)C(=O)O)C(C)(CC(C)C)C(C)C. The molecule has 122 valence electrons. The summed E-state index contributed by atoms with van der Waals surface area (Å²) < 4.78 is 0. The number of rotatable bonds is 8. The zero-order valence-electron chi connectivity index (χ0n) is 14.4. The van der Waals surface area contributed by atoms with E-state index < -0.39 is 22.9 Å². The Morgan fingerprint density at radius 3 is 1.57 bits per heavy atom. The van der Waals surface area contributed by atoms with E-state index in [0.29, 0.717) is 17.9 Å². The van der Waals surface area contributed by atoms with E-state index in [9.17, 15) is 19.8 Å². The molecule has 0 fully saturated rings. The highest BCUT2D eigenvalue weighted by molar-refractivity contribution is 6.13. The van der Waals surface area contributed by atoms with Crippen molar-refractivity contribution in [1.29, 1.82) is 0 Å². The molecule has 21 heavy (non-hydrogen) atoms. The molecule has 0 spiro atoms. The van der Waals surface area contributed by atoms with Crippen LogP contribution < -0.4 is 0 Å². The van der Waals surface area contributed by atoms with Crippen molar-refractivity contribution in [2.75, 3.05) is 0 Å². The van der Waals surface area contributed by atoms with Gasteiger partial charge in [-0.1, -0.05) is 48.5 Å². The molecule has 0 heterocycles. The van der Waals surface area contributed by atoms with E-state index in [2.05, 4.69) is 13.8 Å². The summed E-state index contributed by atoms with van der Waals surface area (Å²) >= 11 is 0. The molecule has 0 aromatic carbocycles. The van der Waals surface area contributed by atoms with Gasteiger partial charge in [-0.2, -0.15) is 0 Å². The average Bonchev–Trinajstić information content (AvgIpc) is 2.24. The third-order valence-electron chi connectivity index (χ3n) is 4.14. The molecule has 4 nitrogen and oxygen atoms in total. The Morgan fingerprint density at radius 2 is 1.33 bits per heavy atom. The second-order valence-corrected chi connectivity index (χ2v) is 7.23. The van der Waals surface area contributed by atoms with Crippen LogP contribution in [0.25, 0.3) is 0 Å². The Kier molecular flexibility index (Phi) is 7.14. The summed E-state index contributed by atoms with van der Waals surface area (Å²) in [5, 5.41) is 18.7. The molecule has 0 saturated heterocycles. The number of carbonyl (C=O) groups is 2. The molecule has 0 aliphatic carbocycles. The number of aliphatic carboxylic acids is 2. The largest absolute Gasteiger partial charge is 0.477 e. The summed E-state index contributed by atoms with van der Waals surface area (Å²) in [5.74, 6) is -1.94. The first kappa shape index (κ1) is 19.7. The van der Waals surface area contributed by atoms with Crippen molar-refractivity contribution in [1.82, 2.24) is 0 Å². The van der Waals surface area contributed by atoms with Crippen molar-refractivity contribution >= 4 is 11.9 Å². The maximum Gasteiger partial charge on any atom is 0.343 e. The van der Waals surface area contributed by atoms with Crippen LogP contribution in [-0.2, 0) is 9.59 Å². The standard InChI is InChI=1S/C17H30O4/c1-10(2)8-13(14(15(18)19)16(20)21)17(7,12(5)6)9-11(3)4/h10-12H,8-9H2,1-7H3,(H,18,19)(H,20,21). The number of carboxylic acids is 2. The highest BCUT2D eigenvalue weighted by Gasteiger charge is 2.38. The highest BCUT2D eigenvalue weighted by atomic mass is 16.4. The fourth-order valence-corrected chi connectivity index (χ4v) is 2.93. The van der Waals surface area contributed by atoms with Crippen LogP contribution in [0.15, 0.2) is 11.1 Å². The molecule has 0 aromatic rings. The lowest BCUT2D eigenvalue weighted by atomic mass is 9.65. The molecule has 2 N–H and O–H groups in total. The van der Waals surface area contributed by atoms with Gasteiger partial charge in [-0.05, 0) is 41.6 Å². The van der Waals surface area contributed by atoms with Gasteiger partial charge in [-0.3, -0.25) is 0 Å². The zero-order chi connectivity index (χ0) is 17.0. The summed E-state index contributed by atoms with van der Waals surface area (Å²) in [6.45, 7) is 14.2. The zero-order valence-corrected chi connectivity index (χ0v) is 14.4. The molecule has 0 amide bonds. The Morgan fingerprint density at radius 1 is 0.905 bits per heavy atom. The van der Waals surface area contributed by atoms with Gasteiger partial charge in [0.2, 0.25) is 0 Å². The first-order valence-electron chi connectivity index (χ1n) is 7.63. The van der Waals surface area contributed by atoms with Crippen LogP contribution >= 0.6 is 0 Å². The second kappa shape index (κ2) is 7.62. The molecular weight excluding hydrogens is 268 g/mol. The molecule has 0 bridgehead atoms. The fourth-order valence-electron chi connectivity index (χ4n) is 2.93. The second-order valence-electron chi connectivity index (χ2n) is 7.23. The van der Waals surface area contributed by atoms with Crippen LogP contribution in [0.3, 0.4) is 0 Å². The fraction of sp³-hybridized carbons (Fsp3) is 0.765. The maximum atomic E-state index is 11.5. The smallest absolute Gasteiger partial charge is 0.343 e. The molecule has 0 aliphatic heterocycles. The normalized spacial score (nSPS) is 14.4. The Bertz CT molecular complexity index is 403. The first-order valence-corrected chi connectivity index (χ1v) is 7.63. The van der Waals surface area contributed by atoms with Crippen LogP contribution in [0.4, 0.5) is 0 Å². The molecule has 1 unspecified atom stereocenters. The molecule has 0 aliphatic rings. The van der Waals surface area contributed by atoms with Crippen molar-refractivity contribution in [2.45, 2.75) is 61.3 Å². The van der Waals surface area contributed by atoms with Crippen molar-refractivity contribution in [2.24, 2.45) is 23.2 Å². The number of hydrogen-bond donors (Lipinski definition) is 2. The summed E-state index contributed by atoms with van der Waals surface area (Å²) in [7, 11) is 0. The minimum atomic E-state index is -1.34. The van der Waals surface area contributed by atoms with Gasteiger partial charge in [0.25, 0.3) is 0 Å². The van der Waals surface area contributed by atoms with E-state index >= 15 is 0 Å². The van der Waals surface area contributed by atoms with Crippen LogP contribution in [0.1, 0.15) is 61.3 Å². The van der Waals surface area contributed by atoms with Crippen molar-refractivity contribution in [3.63, 3.8) is 0 Å². The highest BCUT2D eigenvalue weighted by Crippen LogP contribution is 2.45. The minimum Gasteiger partial charge on any atom is -0.477 e. The summed E-state index contributed by atoms with van der Waals surface area (Å²) in [6, 6.07) is 0. The predicted octanol–water partition coefficient (Wildman–Crippen LogP) is 4.21. The minimum absolute atomic E-state index is 0.169. The van der Waals surface area contributed by atoms with Crippen molar-refractivity contribution in [3.05, 3.63) is 11.1 Å². The lowest BCUT2D eigenvalue weighted by Crippen LogP contribution is -2.32. The quantitative estimate of drug-likeness (QED) is 0.400. The third kappa shape index (κ3) is 5.18. The average molecular weight is 298 g/mol. The van der Waals surface area contributed by atoms with Gasteiger partial charge in [0.15, 0.2) is 0 Å². The molecular formula is C17H30O4. The lowest BCUT2D eigenvalue weighted by Gasteiger charge is -2.39. The number of hydrogen-bond acceptors (Lipinski definition) is 2. The molecule has 4 heteroatoms. The van der Waals surface area contributed by atoms with E-state index in [0.717, 1.165) is 6.42 Å². The number of carboxylic acid groups (broad SMARTS) is 2. The molecule has 0 radical (unpaired) electrons. The summed E-state index contributed by atoms with van der Waals surface area (Å²) in [5.41, 5.74) is -0.299. The van der Waals surface area contributed by atoms with Gasteiger partial charge in [-0.25, -0.2) is 9.59 Å². The van der Waals surface area contributed by atoms with E-state index in [1.54, 1.807) is 0 Å². The number of allylic oxidation sites excluding steroid dienone is 1. The van der Waals surface area contributed by atoms with Gasteiger partial charge >= 0.3 is 11.9 Å². The topological polar surface area (TPSA) is 74.6 Å². The maximum absolute atomic E-state index is 11.5. The Balaban J connectivity index is 6.26. The Labute approximate surface area is 128 Å². The van der Waals surface area contributed by atoms with Gasteiger partial charge in [0.1, 0.15) is 5.57 Å². The van der Waals surface area contributed by atoms with Crippen molar-refractivity contribution < 1.29 is 19.8 Å². The van der Waals surface area contributed by atoms with E-state index in [1.807, 2.05) is 34.6 Å². The molecule has 0 saturated carbocycles. The van der Waals surface area contributed by atoms with E-state index in [1.165, 1.54) is 0 Å². The first-order chi connectivity index (χ1) is 9.43. The van der Waals surface area contributed by atoms with Gasteiger partial charge < -0.3 is 10.2 Å². The molecule has 0 aromatic heterocycles. The van der Waals surface area contributed by atoms with Crippen LogP contribution in [-0.4, -0.2) is 22.2 Å². The van der Waals surface area contributed by atoms with Crippen LogP contribution in [0.5, 0.6) is 0 Å². The third-order valence-corrected chi connectivity index (χ3v) is 4.14. The van der Waals surface area contributed by atoms with Crippen LogP contribution in [0.2, 0.25) is 0 Å². The Hall–Kier alpha value is -1.32. The van der Waals surface area contributed by atoms with E-state index in [4.69, 9.17) is 0 Å². The predicted molar refractivity (Wildman–Crippen MR) is 84.2 cm³/mol. The van der Waals surface area contributed by atoms with Crippen LogP contribution in [0, 0.1) is 23.2 Å². The monoisotopic (exact) mass is 298 g/mol. The molecule has 0 rings (SSSR count). The summed E-state index contributed by atoms with van der Waals surface area (Å²) in [6.07, 6.45) is 1.27. The van der Waals surface area contributed by atoms with E-state index in [-0.39, 0.29) is 11.8 Å². The molecule has 1 atom stereocenters. The van der Waals surface area contributed by atoms with Gasteiger partial charge in [0.05, 0.1) is 0 Å².